The van der Waals surface area contributed by atoms with Crippen LogP contribution in [-0.2, 0) is 4.74 Å². The van der Waals surface area contributed by atoms with E-state index in [1.54, 1.807) is 13.3 Å². The molecule has 0 saturated carbocycles. The van der Waals surface area contributed by atoms with E-state index >= 15 is 0 Å². The van der Waals surface area contributed by atoms with Crippen molar-refractivity contribution in [3.63, 3.8) is 0 Å². The molecule has 0 amide bonds. The number of halogens is 1. The first kappa shape index (κ1) is 11.6. The van der Waals surface area contributed by atoms with Crippen molar-refractivity contribution in [3.8, 4) is 5.88 Å². The molecule has 0 aromatic carbocycles. The Balaban J connectivity index is 2.03. The fraction of sp³-hybridized carbons (Fsp3) is 0.600. The lowest BCUT2D eigenvalue weighted by atomic mass is 10.1. The number of hydrogen-bond donors (Lipinski definition) is 1. The van der Waals surface area contributed by atoms with Crippen molar-refractivity contribution in [3.05, 3.63) is 10.7 Å². The molecular weight excluding hydrogens is 274 g/mol. The topological polar surface area (TPSA) is 56.3 Å². The molecule has 0 radical (unpaired) electrons. The van der Waals surface area contributed by atoms with E-state index in [0.29, 0.717) is 17.9 Å². The lowest BCUT2D eigenvalue weighted by Crippen LogP contribution is -2.28. The number of nitrogens with one attached hydrogen (secondary N) is 1. The molecule has 1 aliphatic heterocycles. The number of nitrogens with zero attached hydrogens (tertiary/aromatic N) is 2. The van der Waals surface area contributed by atoms with Crippen LogP contribution in [0.1, 0.15) is 12.8 Å². The molecule has 0 spiro atoms. The summed E-state index contributed by atoms with van der Waals surface area (Å²) in [5.74, 6) is 1.15. The molecular formula is C10H14BrN3O2. The van der Waals surface area contributed by atoms with Crippen molar-refractivity contribution in [2.24, 2.45) is 0 Å². The number of methoxy groups -OCH3 is 1. The lowest BCUT2D eigenvalue weighted by Gasteiger charge is -2.23. The van der Waals surface area contributed by atoms with Crippen LogP contribution in [0.5, 0.6) is 5.88 Å². The van der Waals surface area contributed by atoms with Crippen LogP contribution in [0.3, 0.4) is 0 Å². The predicted molar refractivity (Wildman–Crippen MR) is 63.7 cm³/mol. The molecule has 2 rings (SSSR count). The van der Waals surface area contributed by atoms with Gasteiger partial charge in [0, 0.05) is 19.3 Å². The quantitative estimate of drug-likeness (QED) is 0.919. The number of anilines is 1. The van der Waals surface area contributed by atoms with Gasteiger partial charge in [-0.3, -0.25) is 0 Å². The Labute approximate surface area is 103 Å². The molecule has 0 atom stereocenters. The molecule has 1 aliphatic rings. The third-order valence-electron chi connectivity index (χ3n) is 2.46. The molecule has 5 nitrogen and oxygen atoms in total. The molecule has 0 bridgehead atoms. The first-order chi connectivity index (χ1) is 7.79. The van der Waals surface area contributed by atoms with Gasteiger partial charge < -0.3 is 14.8 Å². The predicted octanol–water partition coefficient (Wildman–Crippen LogP) is 1.84. The van der Waals surface area contributed by atoms with Crippen LogP contribution >= 0.6 is 15.9 Å². The van der Waals surface area contributed by atoms with Gasteiger partial charge in [-0.05, 0) is 28.8 Å². The van der Waals surface area contributed by atoms with Gasteiger partial charge in [0.15, 0.2) is 0 Å². The number of hydrogen-bond acceptors (Lipinski definition) is 5. The van der Waals surface area contributed by atoms with Gasteiger partial charge in [0.05, 0.1) is 17.8 Å². The van der Waals surface area contributed by atoms with E-state index in [-0.39, 0.29) is 0 Å². The number of aromatic nitrogens is 2. The SMILES string of the molecule is COc1nc(NC2CCOCC2)ncc1Br. The van der Waals surface area contributed by atoms with Gasteiger partial charge in [-0.15, -0.1) is 0 Å². The second-order valence-corrected chi connectivity index (χ2v) is 4.44. The minimum absolute atomic E-state index is 0.389. The van der Waals surface area contributed by atoms with E-state index in [9.17, 15) is 0 Å². The summed E-state index contributed by atoms with van der Waals surface area (Å²) in [5.41, 5.74) is 0. The van der Waals surface area contributed by atoms with E-state index in [0.717, 1.165) is 30.5 Å². The fourth-order valence-electron chi connectivity index (χ4n) is 1.59. The zero-order valence-corrected chi connectivity index (χ0v) is 10.7. The van der Waals surface area contributed by atoms with Crippen LogP contribution in [0.15, 0.2) is 10.7 Å². The summed E-state index contributed by atoms with van der Waals surface area (Å²) in [6.45, 7) is 1.59. The van der Waals surface area contributed by atoms with E-state index in [1.165, 1.54) is 0 Å². The third kappa shape index (κ3) is 2.82. The zero-order valence-electron chi connectivity index (χ0n) is 9.07. The van der Waals surface area contributed by atoms with E-state index in [4.69, 9.17) is 9.47 Å². The second-order valence-electron chi connectivity index (χ2n) is 3.58. The van der Waals surface area contributed by atoms with Crippen molar-refractivity contribution in [2.75, 3.05) is 25.6 Å². The highest BCUT2D eigenvalue weighted by molar-refractivity contribution is 9.10. The Morgan fingerprint density at radius 1 is 1.50 bits per heavy atom. The number of rotatable bonds is 3. The molecule has 1 fully saturated rings. The Morgan fingerprint density at radius 2 is 2.25 bits per heavy atom. The molecule has 2 heterocycles. The molecule has 0 unspecified atom stereocenters. The highest BCUT2D eigenvalue weighted by Crippen LogP contribution is 2.22. The van der Waals surface area contributed by atoms with Gasteiger partial charge in [-0.1, -0.05) is 0 Å². The maximum Gasteiger partial charge on any atom is 0.232 e. The molecule has 1 saturated heterocycles. The first-order valence-electron chi connectivity index (χ1n) is 5.20. The Morgan fingerprint density at radius 3 is 2.94 bits per heavy atom. The maximum absolute atomic E-state index is 5.29. The van der Waals surface area contributed by atoms with E-state index in [1.807, 2.05) is 0 Å². The van der Waals surface area contributed by atoms with Crippen LogP contribution in [0.2, 0.25) is 0 Å². The summed E-state index contributed by atoms with van der Waals surface area (Å²) >= 11 is 3.32. The summed E-state index contributed by atoms with van der Waals surface area (Å²) in [5, 5.41) is 3.28. The van der Waals surface area contributed by atoms with E-state index < -0.39 is 0 Å². The van der Waals surface area contributed by atoms with Crippen molar-refractivity contribution in [1.82, 2.24) is 9.97 Å². The summed E-state index contributed by atoms with van der Waals surface area (Å²) in [4.78, 5) is 8.44. The third-order valence-corrected chi connectivity index (χ3v) is 3.00. The van der Waals surface area contributed by atoms with Gasteiger partial charge >= 0.3 is 0 Å². The Bertz CT molecular complexity index is 356. The monoisotopic (exact) mass is 287 g/mol. The van der Waals surface area contributed by atoms with Crippen molar-refractivity contribution in [1.29, 1.82) is 0 Å². The van der Waals surface area contributed by atoms with E-state index in [2.05, 4.69) is 31.2 Å². The second kappa shape index (κ2) is 5.45. The zero-order chi connectivity index (χ0) is 11.4. The maximum atomic E-state index is 5.29. The van der Waals surface area contributed by atoms with Gasteiger partial charge in [-0.25, -0.2) is 4.98 Å². The summed E-state index contributed by atoms with van der Waals surface area (Å²) in [6, 6.07) is 0.389. The minimum atomic E-state index is 0.389. The van der Waals surface area contributed by atoms with Gasteiger partial charge in [0.2, 0.25) is 11.8 Å². The average Bonchev–Trinajstić information content (AvgIpc) is 2.33. The average molecular weight is 288 g/mol. The van der Waals surface area contributed by atoms with Crippen LogP contribution in [0.25, 0.3) is 0 Å². The van der Waals surface area contributed by atoms with Gasteiger partial charge in [0.1, 0.15) is 0 Å². The largest absolute Gasteiger partial charge is 0.480 e. The molecule has 1 aromatic rings. The highest BCUT2D eigenvalue weighted by Gasteiger charge is 2.15. The summed E-state index contributed by atoms with van der Waals surface area (Å²) < 4.78 is 11.2. The fourth-order valence-corrected chi connectivity index (χ4v) is 1.94. The molecule has 1 aromatic heterocycles. The molecule has 88 valence electrons. The van der Waals surface area contributed by atoms with Gasteiger partial charge in [0.25, 0.3) is 0 Å². The molecule has 16 heavy (non-hydrogen) atoms. The van der Waals surface area contributed by atoms with Crippen LogP contribution < -0.4 is 10.1 Å². The summed E-state index contributed by atoms with van der Waals surface area (Å²) in [7, 11) is 1.59. The molecule has 1 N–H and O–H groups in total. The van der Waals surface area contributed by atoms with Gasteiger partial charge in [-0.2, -0.15) is 4.98 Å². The van der Waals surface area contributed by atoms with Crippen molar-refractivity contribution in [2.45, 2.75) is 18.9 Å². The molecule has 0 aliphatic carbocycles. The smallest absolute Gasteiger partial charge is 0.232 e. The Hall–Kier alpha value is -0.880. The molecule has 6 heteroatoms. The van der Waals surface area contributed by atoms with Crippen LogP contribution in [0, 0.1) is 0 Å². The first-order valence-corrected chi connectivity index (χ1v) is 5.99. The Kier molecular flexibility index (Phi) is 3.95. The van der Waals surface area contributed by atoms with Crippen molar-refractivity contribution >= 4 is 21.9 Å². The normalized spacial score (nSPS) is 17.1. The van der Waals surface area contributed by atoms with Crippen molar-refractivity contribution < 1.29 is 9.47 Å². The lowest BCUT2D eigenvalue weighted by molar-refractivity contribution is 0.0903. The minimum Gasteiger partial charge on any atom is -0.480 e. The number of ether oxygens (including phenoxy) is 2. The standard InChI is InChI=1S/C10H14BrN3O2/c1-15-9-8(11)6-12-10(14-9)13-7-2-4-16-5-3-7/h6-7H,2-5H2,1H3,(H,12,13,14). The summed E-state index contributed by atoms with van der Waals surface area (Å²) in [6.07, 6.45) is 3.66. The van der Waals surface area contributed by atoms with Crippen LogP contribution in [-0.4, -0.2) is 36.3 Å². The van der Waals surface area contributed by atoms with Crippen LogP contribution in [0.4, 0.5) is 5.95 Å². The highest BCUT2D eigenvalue weighted by atomic mass is 79.9.